The SMILES string of the molecule is Cl.O=C(CC1CC2CCC(C1)N2)N1CC2CCC1C2. The summed E-state index contributed by atoms with van der Waals surface area (Å²) in [7, 11) is 0. The molecule has 0 spiro atoms. The van der Waals surface area contributed by atoms with Gasteiger partial charge in [-0.05, 0) is 56.8 Å². The monoisotopic (exact) mass is 284 g/mol. The number of likely N-dealkylation sites (tertiary alicyclic amines) is 1. The van der Waals surface area contributed by atoms with E-state index in [4.69, 9.17) is 0 Å². The Balaban J connectivity index is 0.00000110. The first kappa shape index (κ1) is 13.7. The molecule has 3 nitrogen and oxygen atoms in total. The van der Waals surface area contributed by atoms with Gasteiger partial charge >= 0.3 is 0 Å². The minimum Gasteiger partial charge on any atom is -0.339 e. The molecule has 4 heteroatoms. The average molecular weight is 285 g/mol. The van der Waals surface area contributed by atoms with Gasteiger partial charge in [0.15, 0.2) is 0 Å². The lowest BCUT2D eigenvalue weighted by atomic mass is 9.89. The first-order valence-electron chi connectivity index (χ1n) is 7.83. The van der Waals surface area contributed by atoms with E-state index in [2.05, 4.69) is 10.2 Å². The van der Waals surface area contributed by atoms with Gasteiger partial charge in [-0.3, -0.25) is 4.79 Å². The van der Waals surface area contributed by atoms with Gasteiger partial charge in [-0.1, -0.05) is 0 Å². The Kier molecular flexibility index (Phi) is 3.78. The van der Waals surface area contributed by atoms with Crippen LogP contribution in [0.2, 0.25) is 0 Å². The third-order valence-electron chi connectivity index (χ3n) is 5.76. The summed E-state index contributed by atoms with van der Waals surface area (Å²) in [5.74, 6) is 1.96. The van der Waals surface area contributed by atoms with Crippen LogP contribution in [0.3, 0.4) is 0 Å². The van der Waals surface area contributed by atoms with E-state index in [9.17, 15) is 4.79 Å². The molecule has 4 unspecified atom stereocenters. The van der Waals surface area contributed by atoms with Gasteiger partial charge in [-0.25, -0.2) is 0 Å². The van der Waals surface area contributed by atoms with Crippen LogP contribution in [0.1, 0.15) is 51.4 Å². The Morgan fingerprint density at radius 2 is 1.79 bits per heavy atom. The maximum atomic E-state index is 12.4. The second-order valence-electron chi connectivity index (χ2n) is 7.06. The topological polar surface area (TPSA) is 32.3 Å². The summed E-state index contributed by atoms with van der Waals surface area (Å²) in [6, 6.07) is 2.05. The van der Waals surface area contributed by atoms with E-state index in [1.54, 1.807) is 0 Å². The summed E-state index contributed by atoms with van der Waals surface area (Å²) in [5.41, 5.74) is 0. The van der Waals surface area contributed by atoms with E-state index in [0.717, 1.165) is 31.0 Å². The molecule has 1 amide bonds. The first-order valence-corrected chi connectivity index (χ1v) is 7.83. The van der Waals surface area contributed by atoms with Crippen LogP contribution in [0.4, 0.5) is 0 Å². The normalized spacial score (nSPS) is 43.4. The van der Waals surface area contributed by atoms with Gasteiger partial charge in [0.2, 0.25) is 5.91 Å². The predicted molar refractivity (Wildman–Crippen MR) is 77.4 cm³/mol. The Labute approximate surface area is 121 Å². The highest BCUT2D eigenvalue weighted by Crippen LogP contribution is 2.39. The Bertz CT molecular complexity index is 350. The molecule has 1 saturated carbocycles. The van der Waals surface area contributed by atoms with Crippen molar-refractivity contribution < 1.29 is 4.79 Å². The van der Waals surface area contributed by atoms with Crippen LogP contribution in [-0.2, 0) is 4.79 Å². The highest BCUT2D eigenvalue weighted by Gasteiger charge is 2.41. The molecular formula is C15H25ClN2O. The molecule has 19 heavy (non-hydrogen) atoms. The predicted octanol–water partition coefficient (Wildman–Crippen LogP) is 2.34. The second-order valence-corrected chi connectivity index (χ2v) is 7.06. The van der Waals surface area contributed by atoms with E-state index >= 15 is 0 Å². The molecule has 1 aliphatic carbocycles. The van der Waals surface area contributed by atoms with Crippen molar-refractivity contribution in [1.82, 2.24) is 10.2 Å². The fourth-order valence-corrected chi connectivity index (χ4v) is 4.94. The van der Waals surface area contributed by atoms with Crippen LogP contribution in [0.5, 0.6) is 0 Å². The number of carbonyl (C=O) groups excluding carboxylic acids is 1. The summed E-state index contributed by atoms with van der Waals surface area (Å²) < 4.78 is 0. The van der Waals surface area contributed by atoms with Crippen LogP contribution in [0.25, 0.3) is 0 Å². The van der Waals surface area contributed by atoms with Gasteiger partial charge in [-0.2, -0.15) is 0 Å². The van der Waals surface area contributed by atoms with Gasteiger partial charge in [0.05, 0.1) is 0 Å². The zero-order valence-corrected chi connectivity index (χ0v) is 12.3. The zero-order valence-electron chi connectivity index (χ0n) is 11.5. The number of rotatable bonds is 2. The highest BCUT2D eigenvalue weighted by atomic mass is 35.5. The number of fused-ring (bicyclic) bond motifs is 4. The summed E-state index contributed by atoms with van der Waals surface area (Å²) >= 11 is 0. The van der Waals surface area contributed by atoms with E-state index < -0.39 is 0 Å². The van der Waals surface area contributed by atoms with Gasteiger partial charge in [0, 0.05) is 31.1 Å². The average Bonchev–Trinajstić information content (AvgIpc) is 3.05. The van der Waals surface area contributed by atoms with Crippen molar-refractivity contribution >= 4 is 18.3 Å². The lowest BCUT2D eigenvalue weighted by molar-refractivity contribution is -0.134. The molecule has 3 aliphatic heterocycles. The highest BCUT2D eigenvalue weighted by molar-refractivity contribution is 5.85. The summed E-state index contributed by atoms with van der Waals surface area (Å²) in [4.78, 5) is 14.7. The van der Waals surface area contributed by atoms with Crippen molar-refractivity contribution in [3.63, 3.8) is 0 Å². The van der Waals surface area contributed by atoms with E-state index in [1.807, 2.05) is 0 Å². The smallest absolute Gasteiger partial charge is 0.223 e. The summed E-state index contributed by atoms with van der Waals surface area (Å²) in [5, 5.41) is 3.67. The molecule has 4 fully saturated rings. The minimum atomic E-state index is 0. The van der Waals surface area contributed by atoms with Gasteiger partial charge in [-0.15, -0.1) is 12.4 Å². The lowest BCUT2D eigenvalue weighted by Crippen LogP contribution is -2.42. The van der Waals surface area contributed by atoms with Gasteiger partial charge in [0.25, 0.3) is 0 Å². The van der Waals surface area contributed by atoms with E-state index in [-0.39, 0.29) is 12.4 Å². The number of nitrogens with one attached hydrogen (secondary N) is 1. The molecule has 4 aliphatic rings. The molecule has 108 valence electrons. The summed E-state index contributed by atoms with van der Waals surface area (Å²) in [6.45, 7) is 1.07. The number of nitrogens with zero attached hydrogens (tertiary/aromatic N) is 1. The van der Waals surface area contributed by atoms with Crippen molar-refractivity contribution in [3.05, 3.63) is 0 Å². The van der Waals surface area contributed by atoms with Crippen LogP contribution in [-0.4, -0.2) is 35.5 Å². The molecule has 0 aromatic rings. The second kappa shape index (κ2) is 5.25. The van der Waals surface area contributed by atoms with E-state index in [1.165, 1.54) is 44.9 Å². The zero-order chi connectivity index (χ0) is 12.1. The van der Waals surface area contributed by atoms with Gasteiger partial charge in [0.1, 0.15) is 0 Å². The molecule has 3 heterocycles. The molecule has 1 N–H and O–H groups in total. The lowest BCUT2D eigenvalue weighted by Gasteiger charge is -2.32. The van der Waals surface area contributed by atoms with Crippen LogP contribution < -0.4 is 5.32 Å². The molecule has 4 atom stereocenters. The largest absolute Gasteiger partial charge is 0.339 e. The van der Waals surface area contributed by atoms with Crippen molar-refractivity contribution in [1.29, 1.82) is 0 Å². The third kappa shape index (κ3) is 2.52. The maximum Gasteiger partial charge on any atom is 0.223 e. The molecular weight excluding hydrogens is 260 g/mol. The van der Waals surface area contributed by atoms with Crippen molar-refractivity contribution in [2.45, 2.75) is 69.5 Å². The van der Waals surface area contributed by atoms with Gasteiger partial charge < -0.3 is 10.2 Å². The van der Waals surface area contributed by atoms with Crippen LogP contribution in [0, 0.1) is 11.8 Å². The fourth-order valence-electron chi connectivity index (χ4n) is 4.94. The quantitative estimate of drug-likeness (QED) is 0.844. The fraction of sp³-hybridized carbons (Fsp3) is 0.933. The molecule has 0 aromatic carbocycles. The number of piperidine rings is 2. The Hall–Kier alpha value is -0.280. The number of hydrogen-bond acceptors (Lipinski definition) is 2. The standard InChI is InChI=1S/C15H24N2O.ClH/c18-15(17-9-10-1-4-14(17)7-10)8-11-5-12-2-3-13(6-11)16-12;/h10-14,16H,1-9H2;1H. The molecule has 0 radical (unpaired) electrons. The number of hydrogen-bond donors (Lipinski definition) is 1. The third-order valence-corrected chi connectivity index (χ3v) is 5.76. The first-order chi connectivity index (χ1) is 8.78. The minimum absolute atomic E-state index is 0. The Morgan fingerprint density at radius 1 is 1.05 bits per heavy atom. The van der Waals surface area contributed by atoms with Crippen molar-refractivity contribution in [3.8, 4) is 0 Å². The maximum absolute atomic E-state index is 12.4. The van der Waals surface area contributed by atoms with Crippen LogP contribution >= 0.6 is 12.4 Å². The van der Waals surface area contributed by atoms with E-state index in [0.29, 0.717) is 17.9 Å². The number of carbonyl (C=O) groups is 1. The van der Waals surface area contributed by atoms with Crippen molar-refractivity contribution in [2.24, 2.45) is 11.8 Å². The molecule has 3 saturated heterocycles. The van der Waals surface area contributed by atoms with Crippen LogP contribution in [0.15, 0.2) is 0 Å². The Morgan fingerprint density at radius 3 is 2.37 bits per heavy atom. The van der Waals surface area contributed by atoms with Crippen molar-refractivity contribution in [2.75, 3.05) is 6.54 Å². The molecule has 4 bridgehead atoms. The number of halogens is 1. The molecule has 4 rings (SSSR count). The summed E-state index contributed by atoms with van der Waals surface area (Å²) in [6.07, 6.45) is 9.92. The number of amides is 1. The molecule has 0 aromatic heterocycles.